The number of rotatable bonds is 18. The molecule has 2 heterocycles. The van der Waals surface area contributed by atoms with Crippen LogP contribution >= 0.6 is 0 Å². The molecule has 0 N–H and O–H groups in total. The van der Waals surface area contributed by atoms with Crippen LogP contribution in [0.3, 0.4) is 0 Å². The number of nitrogens with zero attached hydrogens (tertiary/aromatic N) is 1. The van der Waals surface area contributed by atoms with Crippen LogP contribution in [0, 0.1) is 5.41 Å². The van der Waals surface area contributed by atoms with Crippen molar-refractivity contribution in [3.8, 4) is 0 Å². The van der Waals surface area contributed by atoms with Crippen molar-refractivity contribution in [2.24, 2.45) is 5.41 Å². The van der Waals surface area contributed by atoms with Gasteiger partial charge in [0.15, 0.2) is 5.79 Å². The van der Waals surface area contributed by atoms with Gasteiger partial charge in [-0.1, -0.05) is 104 Å². The molecule has 2 aliphatic rings. The van der Waals surface area contributed by atoms with Gasteiger partial charge in [0.1, 0.15) is 6.61 Å². The molecule has 2 saturated heterocycles. The molecule has 5 heteroatoms. The average Bonchev–Trinajstić information content (AvgIpc) is 2.85. The fourth-order valence-corrected chi connectivity index (χ4v) is 6.39. The topological polar surface area (TPSA) is 48.0 Å². The molecule has 38 heavy (non-hydrogen) atoms. The second-order valence-electron chi connectivity index (χ2n) is 14.2. The molecule has 0 unspecified atom stereocenters. The Bertz CT molecular complexity index is 646. The smallest absolute Gasteiger partial charge is 0.305 e. The fraction of sp³-hybridized carbons (Fsp3) is 0.970. The van der Waals surface area contributed by atoms with E-state index in [4.69, 9.17) is 14.2 Å². The van der Waals surface area contributed by atoms with E-state index >= 15 is 0 Å². The van der Waals surface area contributed by atoms with E-state index in [1.54, 1.807) is 0 Å². The summed E-state index contributed by atoms with van der Waals surface area (Å²) in [5, 5.41) is 0. The van der Waals surface area contributed by atoms with Crippen molar-refractivity contribution < 1.29 is 19.0 Å². The van der Waals surface area contributed by atoms with Crippen LogP contribution in [-0.4, -0.2) is 54.6 Å². The summed E-state index contributed by atoms with van der Waals surface area (Å²) >= 11 is 0. The molecule has 0 aromatic rings. The lowest BCUT2D eigenvalue weighted by Gasteiger charge is -2.59. The van der Waals surface area contributed by atoms with Crippen molar-refractivity contribution in [2.75, 3.05) is 26.9 Å². The van der Waals surface area contributed by atoms with Crippen molar-refractivity contribution in [2.45, 2.75) is 174 Å². The van der Waals surface area contributed by atoms with Gasteiger partial charge < -0.3 is 14.2 Å². The maximum atomic E-state index is 12.4. The zero-order valence-corrected chi connectivity index (χ0v) is 26.4. The lowest BCUT2D eigenvalue weighted by Crippen LogP contribution is -2.67. The lowest BCUT2D eigenvalue weighted by atomic mass is 9.75. The Morgan fingerprint density at radius 2 is 1.08 bits per heavy atom. The molecular weight excluding hydrogens is 474 g/mol. The van der Waals surface area contributed by atoms with E-state index in [1.165, 1.54) is 83.5 Å². The number of unbranched alkanes of at least 4 members (excludes halogenated alkanes) is 14. The van der Waals surface area contributed by atoms with Crippen LogP contribution in [0.25, 0.3) is 0 Å². The van der Waals surface area contributed by atoms with Gasteiger partial charge in [-0.25, -0.2) is 0 Å². The average molecular weight is 538 g/mol. The molecule has 0 aromatic heterocycles. The zero-order chi connectivity index (χ0) is 28.1. The number of likely N-dealkylation sites (tertiary alicyclic amines) is 1. The minimum absolute atomic E-state index is 0.00477. The normalized spacial score (nSPS) is 22.0. The first-order valence-corrected chi connectivity index (χ1v) is 16.1. The Kier molecular flexibility index (Phi) is 14.1. The third-order valence-corrected chi connectivity index (χ3v) is 9.15. The molecule has 5 nitrogen and oxygen atoms in total. The van der Waals surface area contributed by atoms with Crippen molar-refractivity contribution in [1.29, 1.82) is 0 Å². The Morgan fingerprint density at radius 3 is 1.50 bits per heavy atom. The summed E-state index contributed by atoms with van der Waals surface area (Å²) < 4.78 is 18.5. The first kappa shape index (κ1) is 33.6. The van der Waals surface area contributed by atoms with Crippen molar-refractivity contribution in [3.63, 3.8) is 0 Å². The molecule has 0 amide bonds. The molecule has 0 bridgehead atoms. The van der Waals surface area contributed by atoms with E-state index in [2.05, 4.69) is 53.5 Å². The molecule has 0 atom stereocenters. The van der Waals surface area contributed by atoms with Crippen LogP contribution in [0.15, 0.2) is 0 Å². The molecule has 1 spiro atoms. The number of hydrogen-bond acceptors (Lipinski definition) is 5. The molecule has 2 aliphatic heterocycles. The lowest BCUT2D eigenvalue weighted by molar-refractivity contribution is -0.341. The maximum Gasteiger partial charge on any atom is 0.305 e. The summed E-state index contributed by atoms with van der Waals surface area (Å²) in [6.45, 7) is 14.9. The largest absolute Gasteiger partial charge is 0.465 e. The number of esters is 1. The van der Waals surface area contributed by atoms with E-state index in [9.17, 15) is 4.79 Å². The van der Waals surface area contributed by atoms with Gasteiger partial charge in [0.05, 0.1) is 13.2 Å². The first-order valence-electron chi connectivity index (χ1n) is 16.1. The Hall–Kier alpha value is -0.650. The van der Waals surface area contributed by atoms with Crippen molar-refractivity contribution >= 4 is 5.97 Å². The van der Waals surface area contributed by atoms with Gasteiger partial charge in [-0.15, -0.1) is 0 Å². The quantitative estimate of drug-likeness (QED) is 0.129. The van der Waals surface area contributed by atoms with Crippen molar-refractivity contribution in [1.82, 2.24) is 4.90 Å². The summed E-state index contributed by atoms with van der Waals surface area (Å²) in [5.74, 6) is -0.626. The van der Waals surface area contributed by atoms with Gasteiger partial charge in [-0.3, -0.25) is 9.69 Å². The highest BCUT2D eigenvalue weighted by molar-refractivity contribution is 5.69. The van der Waals surface area contributed by atoms with Gasteiger partial charge in [0, 0.05) is 35.8 Å². The van der Waals surface area contributed by atoms with Crippen molar-refractivity contribution in [3.05, 3.63) is 0 Å². The van der Waals surface area contributed by atoms with Gasteiger partial charge >= 0.3 is 5.97 Å². The maximum absolute atomic E-state index is 12.4. The first-order chi connectivity index (χ1) is 17.9. The standard InChI is InChI=1S/C33H63NO4/c1-8-9-10-11-12-13-14-15-16-17-18-19-20-21-22-23-29(35)36-26-32(6)27-37-33(38-28-32)24-30(2,3)34(7)31(4,5)25-33/h8-28H2,1-7H3. The number of carbonyl (C=O) groups excluding carboxylic acids is 1. The van der Waals surface area contributed by atoms with E-state index < -0.39 is 5.79 Å². The number of piperidine rings is 1. The van der Waals surface area contributed by atoms with Crippen LogP contribution in [0.1, 0.15) is 157 Å². The molecule has 2 rings (SSSR count). The van der Waals surface area contributed by atoms with Crippen LogP contribution in [0.5, 0.6) is 0 Å². The van der Waals surface area contributed by atoms with Crippen LogP contribution < -0.4 is 0 Å². The predicted octanol–water partition coefficient (Wildman–Crippen LogP) is 8.82. The number of carbonyl (C=O) groups is 1. The highest BCUT2D eigenvalue weighted by Crippen LogP contribution is 2.47. The minimum Gasteiger partial charge on any atom is -0.465 e. The van der Waals surface area contributed by atoms with Crippen LogP contribution in [-0.2, 0) is 19.0 Å². The van der Waals surface area contributed by atoms with E-state index in [1.807, 2.05) is 0 Å². The molecule has 224 valence electrons. The molecule has 0 aromatic carbocycles. The van der Waals surface area contributed by atoms with Gasteiger partial charge in [-0.2, -0.15) is 0 Å². The van der Waals surface area contributed by atoms with Gasteiger partial charge in [-0.05, 0) is 41.2 Å². The Morgan fingerprint density at radius 1 is 0.684 bits per heavy atom. The second-order valence-corrected chi connectivity index (χ2v) is 14.2. The third-order valence-electron chi connectivity index (χ3n) is 9.15. The molecule has 0 saturated carbocycles. The highest BCUT2D eigenvalue weighted by Gasteiger charge is 2.55. The highest BCUT2D eigenvalue weighted by atomic mass is 16.7. The monoisotopic (exact) mass is 537 g/mol. The SMILES string of the molecule is CCCCCCCCCCCCCCCCCC(=O)OCC1(C)COC2(CC(C)(C)N(C)C(C)(C)C2)OC1. The molecular formula is C33H63NO4. The Balaban J connectivity index is 1.48. The van der Waals surface area contributed by atoms with E-state index in [0.717, 1.165) is 25.7 Å². The Labute approximate surface area is 236 Å². The summed E-state index contributed by atoms with van der Waals surface area (Å²) in [6, 6.07) is 0. The van der Waals surface area contributed by atoms with E-state index in [0.29, 0.717) is 26.2 Å². The zero-order valence-electron chi connectivity index (χ0n) is 26.4. The van der Waals surface area contributed by atoms with Crippen LogP contribution in [0.4, 0.5) is 0 Å². The second kappa shape index (κ2) is 16.0. The number of ether oxygens (including phenoxy) is 3. The predicted molar refractivity (Wildman–Crippen MR) is 158 cm³/mol. The van der Waals surface area contributed by atoms with Gasteiger partial charge in [0.2, 0.25) is 0 Å². The number of hydrogen-bond donors (Lipinski definition) is 0. The summed E-state index contributed by atoms with van der Waals surface area (Å²) in [7, 11) is 2.19. The van der Waals surface area contributed by atoms with Gasteiger partial charge in [0.25, 0.3) is 0 Å². The molecule has 0 radical (unpaired) electrons. The molecule has 0 aliphatic carbocycles. The summed E-state index contributed by atoms with van der Waals surface area (Å²) in [5.41, 5.74) is -0.294. The van der Waals surface area contributed by atoms with E-state index in [-0.39, 0.29) is 22.5 Å². The summed E-state index contributed by atoms with van der Waals surface area (Å²) in [4.78, 5) is 14.8. The fourth-order valence-electron chi connectivity index (χ4n) is 6.39. The van der Waals surface area contributed by atoms with Crippen LogP contribution in [0.2, 0.25) is 0 Å². The third kappa shape index (κ3) is 11.5. The summed E-state index contributed by atoms with van der Waals surface area (Å²) in [6.07, 6.45) is 22.2. The minimum atomic E-state index is -0.545. The molecule has 2 fully saturated rings.